The van der Waals surface area contributed by atoms with Gasteiger partial charge in [0.25, 0.3) is 0 Å². The average Bonchev–Trinajstić information content (AvgIpc) is 2.52. The largest absolute Gasteiger partial charge is 0.508 e. The van der Waals surface area contributed by atoms with E-state index in [0.29, 0.717) is 14.9 Å². The van der Waals surface area contributed by atoms with Gasteiger partial charge in [0.1, 0.15) is 11.0 Å². The average molecular weight is 418 g/mol. The Bertz CT molecular complexity index is 825. The summed E-state index contributed by atoms with van der Waals surface area (Å²) in [5, 5.41) is 9.31. The molecule has 0 radical (unpaired) electrons. The molecular formula is C16H11BrF3NO2S. The van der Waals surface area contributed by atoms with Crippen molar-refractivity contribution in [2.75, 3.05) is 11.9 Å². The number of thioether (sulfide) groups is 1. The molecule has 0 fully saturated rings. The van der Waals surface area contributed by atoms with Gasteiger partial charge in [-0.3, -0.25) is 4.79 Å². The van der Waals surface area contributed by atoms with Crippen LogP contribution in [0.15, 0.2) is 45.8 Å². The second-order valence-electron chi connectivity index (χ2n) is 5.28. The Morgan fingerprint density at radius 1 is 1.21 bits per heavy atom. The van der Waals surface area contributed by atoms with Crippen LogP contribution in [-0.2, 0) is 11.0 Å². The maximum Gasteiger partial charge on any atom is 0.416 e. The number of nitrogens with zero attached hydrogens (tertiary/aromatic N) is 1. The van der Waals surface area contributed by atoms with Crippen LogP contribution < -0.4 is 4.90 Å². The fourth-order valence-corrected chi connectivity index (χ4v) is 4.13. The summed E-state index contributed by atoms with van der Waals surface area (Å²) in [5.74, 6) is -0.423. The molecule has 3 nitrogen and oxygen atoms in total. The lowest BCUT2D eigenvalue weighted by Gasteiger charge is -2.32. The zero-order chi connectivity index (χ0) is 17.6. The lowest BCUT2D eigenvalue weighted by molar-refractivity contribution is -0.137. The molecule has 0 aliphatic carbocycles. The fraction of sp³-hybridized carbons (Fsp3) is 0.188. The van der Waals surface area contributed by atoms with Crippen LogP contribution in [0.2, 0.25) is 0 Å². The summed E-state index contributed by atoms with van der Waals surface area (Å²) < 4.78 is 39.3. The van der Waals surface area contributed by atoms with E-state index in [0.717, 1.165) is 23.9 Å². The van der Waals surface area contributed by atoms with Gasteiger partial charge in [-0.1, -0.05) is 15.9 Å². The van der Waals surface area contributed by atoms with Crippen molar-refractivity contribution >= 4 is 39.3 Å². The van der Waals surface area contributed by atoms with Gasteiger partial charge in [0.15, 0.2) is 0 Å². The molecule has 0 spiro atoms. The van der Waals surface area contributed by atoms with Crippen LogP contribution in [0.5, 0.6) is 5.75 Å². The molecule has 0 aromatic heterocycles. The normalized spacial score (nSPS) is 17.8. The first-order valence-corrected chi connectivity index (χ1v) is 8.49. The Hall–Kier alpha value is -1.67. The third-order valence-corrected chi connectivity index (χ3v) is 5.50. The number of likely N-dealkylation sites (N-methyl/N-ethyl adjacent to an activating group) is 1. The number of rotatable bonds is 1. The van der Waals surface area contributed by atoms with E-state index in [1.807, 2.05) is 0 Å². The van der Waals surface area contributed by atoms with Gasteiger partial charge in [0.2, 0.25) is 5.91 Å². The van der Waals surface area contributed by atoms with Crippen LogP contribution >= 0.6 is 27.7 Å². The Morgan fingerprint density at radius 2 is 1.92 bits per heavy atom. The van der Waals surface area contributed by atoms with E-state index < -0.39 is 17.0 Å². The molecule has 1 heterocycles. The third kappa shape index (κ3) is 3.00. The standard InChI is InChI=1S/C16H11BrF3NO2S/c1-21-11-6-8(16(18,19)20)2-5-13(11)24-14(15(21)23)10-7-9(17)3-4-12(10)22/h2-7,14,22H,1H3. The first-order chi connectivity index (χ1) is 11.2. The van der Waals surface area contributed by atoms with Gasteiger partial charge in [-0.25, -0.2) is 0 Å². The third-order valence-electron chi connectivity index (χ3n) is 3.72. The van der Waals surface area contributed by atoms with E-state index in [9.17, 15) is 23.1 Å². The number of phenols is 1. The van der Waals surface area contributed by atoms with Crippen molar-refractivity contribution in [2.45, 2.75) is 16.3 Å². The van der Waals surface area contributed by atoms with Crippen LogP contribution in [-0.4, -0.2) is 18.1 Å². The SMILES string of the molecule is CN1C(=O)C(c2cc(Br)ccc2O)Sc2ccc(C(F)(F)F)cc21. The molecule has 3 rings (SSSR count). The number of halogens is 4. The first kappa shape index (κ1) is 17.2. The van der Waals surface area contributed by atoms with Crippen LogP contribution in [0.1, 0.15) is 16.4 Å². The maximum atomic E-state index is 12.9. The highest BCUT2D eigenvalue weighted by Crippen LogP contribution is 2.49. The number of carbonyl (C=O) groups excluding carboxylic acids is 1. The molecule has 126 valence electrons. The Morgan fingerprint density at radius 3 is 2.58 bits per heavy atom. The van der Waals surface area contributed by atoms with Crippen LogP contribution in [0, 0.1) is 0 Å². The molecular weight excluding hydrogens is 407 g/mol. The molecule has 2 aromatic rings. The van der Waals surface area contributed by atoms with Crippen LogP contribution in [0.4, 0.5) is 18.9 Å². The summed E-state index contributed by atoms with van der Waals surface area (Å²) in [5.41, 5.74) is -0.174. The van der Waals surface area contributed by atoms with Gasteiger partial charge in [0.05, 0.1) is 11.3 Å². The van der Waals surface area contributed by atoms with Crippen molar-refractivity contribution in [3.63, 3.8) is 0 Å². The van der Waals surface area contributed by atoms with E-state index in [2.05, 4.69) is 15.9 Å². The quantitative estimate of drug-likeness (QED) is 0.710. The van der Waals surface area contributed by atoms with Crippen molar-refractivity contribution in [3.8, 4) is 5.75 Å². The van der Waals surface area contributed by atoms with E-state index >= 15 is 0 Å². The van der Waals surface area contributed by atoms with Gasteiger partial charge in [-0.05, 0) is 36.4 Å². The molecule has 1 unspecified atom stereocenters. The number of phenolic OH excluding ortho intramolecular Hbond substituents is 1. The van der Waals surface area contributed by atoms with Crippen LogP contribution in [0.25, 0.3) is 0 Å². The smallest absolute Gasteiger partial charge is 0.416 e. The van der Waals surface area contributed by atoms with Crippen LogP contribution in [0.3, 0.4) is 0 Å². The highest BCUT2D eigenvalue weighted by atomic mass is 79.9. The second kappa shape index (κ2) is 6.00. The molecule has 1 aliphatic rings. The number of fused-ring (bicyclic) bond motifs is 1. The molecule has 24 heavy (non-hydrogen) atoms. The summed E-state index contributed by atoms with van der Waals surface area (Å²) in [4.78, 5) is 14.4. The number of alkyl halides is 3. The zero-order valence-electron chi connectivity index (χ0n) is 12.3. The van der Waals surface area contributed by atoms with E-state index in [4.69, 9.17) is 0 Å². The van der Waals surface area contributed by atoms with E-state index in [1.165, 1.54) is 24.1 Å². The van der Waals surface area contributed by atoms with Crippen molar-refractivity contribution < 1.29 is 23.1 Å². The molecule has 1 N–H and O–H groups in total. The minimum absolute atomic E-state index is 0.0344. The molecule has 0 saturated carbocycles. The van der Waals surface area contributed by atoms with Gasteiger partial charge in [-0.15, -0.1) is 11.8 Å². The predicted octanol–water partition coefficient (Wildman–Crippen LogP) is 4.98. The number of amides is 1. The minimum atomic E-state index is -4.47. The summed E-state index contributed by atoms with van der Waals surface area (Å²) >= 11 is 4.42. The summed E-state index contributed by atoms with van der Waals surface area (Å²) in [6.45, 7) is 0. The number of carbonyl (C=O) groups is 1. The topological polar surface area (TPSA) is 40.5 Å². The second-order valence-corrected chi connectivity index (χ2v) is 7.34. The number of anilines is 1. The molecule has 1 atom stereocenters. The van der Waals surface area contributed by atoms with Crippen molar-refractivity contribution in [1.29, 1.82) is 0 Å². The van der Waals surface area contributed by atoms with E-state index in [1.54, 1.807) is 12.1 Å². The Balaban J connectivity index is 2.05. The first-order valence-electron chi connectivity index (χ1n) is 6.82. The highest BCUT2D eigenvalue weighted by molar-refractivity contribution is 9.10. The molecule has 1 aliphatic heterocycles. The predicted molar refractivity (Wildman–Crippen MR) is 89.3 cm³/mol. The van der Waals surface area contributed by atoms with Gasteiger partial charge in [-0.2, -0.15) is 13.2 Å². The lowest BCUT2D eigenvalue weighted by Crippen LogP contribution is -2.34. The lowest BCUT2D eigenvalue weighted by atomic mass is 10.1. The van der Waals surface area contributed by atoms with Crippen molar-refractivity contribution in [1.82, 2.24) is 0 Å². The summed E-state index contributed by atoms with van der Waals surface area (Å²) in [6, 6.07) is 8.06. The summed E-state index contributed by atoms with van der Waals surface area (Å²) in [6.07, 6.45) is -4.47. The highest BCUT2D eigenvalue weighted by Gasteiger charge is 2.37. The number of benzene rings is 2. The fourth-order valence-electron chi connectivity index (χ4n) is 2.46. The van der Waals surface area contributed by atoms with Gasteiger partial charge < -0.3 is 10.0 Å². The molecule has 2 aromatic carbocycles. The Kier molecular flexibility index (Phi) is 4.29. The maximum absolute atomic E-state index is 12.9. The van der Waals surface area contributed by atoms with E-state index in [-0.39, 0.29) is 17.3 Å². The molecule has 0 saturated heterocycles. The monoisotopic (exact) mass is 417 g/mol. The van der Waals surface area contributed by atoms with Gasteiger partial charge in [0, 0.05) is 22.0 Å². The number of aromatic hydroxyl groups is 1. The zero-order valence-corrected chi connectivity index (χ0v) is 14.7. The van der Waals surface area contributed by atoms with Crippen molar-refractivity contribution in [3.05, 3.63) is 52.0 Å². The molecule has 8 heteroatoms. The Labute approximate surface area is 148 Å². The molecule has 1 amide bonds. The number of hydrogen-bond donors (Lipinski definition) is 1. The number of hydrogen-bond acceptors (Lipinski definition) is 3. The summed E-state index contributed by atoms with van der Waals surface area (Å²) in [7, 11) is 1.43. The molecule has 0 bridgehead atoms. The minimum Gasteiger partial charge on any atom is -0.508 e. The van der Waals surface area contributed by atoms with Crippen molar-refractivity contribution in [2.24, 2.45) is 0 Å². The van der Waals surface area contributed by atoms with Gasteiger partial charge >= 0.3 is 6.18 Å².